The van der Waals surface area contributed by atoms with Crippen molar-refractivity contribution < 1.29 is 22.8 Å². The number of H-pyrrole nitrogens is 1. The number of aromatic nitrogens is 2. The predicted octanol–water partition coefficient (Wildman–Crippen LogP) is 3.61. The van der Waals surface area contributed by atoms with E-state index < -0.39 is 27.9 Å². The molecule has 43 heavy (non-hydrogen) atoms. The fourth-order valence-electron chi connectivity index (χ4n) is 4.34. The molecule has 0 aliphatic carbocycles. The van der Waals surface area contributed by atoms with Crippen LogP contribution in [0, 0.1) is 0 Å². The summed E-state index contributed by atoms with van der Waals surface area (Å²) in [5.74, 6) is -1.50. The number of hydrogen-bond donors (Lipinski definition) is 4. The van der Waals surface area contributed by atoms with Crippen molar-refractivity contribution in [3.8, 4) is 0 Å². The van der Waals surface area contributed by atoms with Gasteiger partial charge in [0.05, 0.1) is 32.4 Å². The Balaban J connectivity index is 1.33. The number of benzene rings is 2. The van der Waals surface area contributed by atoms with Gasteiger partial charge in [0.2, 0.25) is 15.9 Å². The first-order valence-electron chi connectivity index (χ1n) is 13.3. The number of carbonyl (C=O) groups excluding carboxylic acids is 3. The summed E-state index contributed by atoms with van der Waals surface area (Å²) in [7, 11) is 0.0481. The van der Waals surface area contributed by atoms with Crippen LogP contribution >= 0.6 is 23.2 Å². The zero-order chi connectivity index (χ0) is 31.1. The molecule has 4 rings (SSSR count). The van der Waals surface area contributed by atoms with Crippen LogP contribution in [0.2, 0.25) is 10.0 Å². The second kappa shape index (κ2) is 14.1. The summed E-state index contributed by atoms with van der Waals surface area (Å²) in [6.07, 6.45) is 5.60. The maximum atomic E-state index is 13.2. The highest BCUT2D eigenvalue weighted by atomic mass is 35.5. The van der Waals surface area contributed by atoms with Crippen LogP contribution in [0.15, 0.2) is 65.7 Å². The van der Waals surface area contributed by atoms with E-state index in [4.69, 9.17) is 23.2 Å². The van der Waals surface area contributed by atoms with Gasteiger partial charge in [0.25, 0.3) is 11.8 Å². The fraction of sp³-hybridized carbons (Fsp3) is 0.286. The third-order valence-electron chi connectivity index (χ3n) is 6.56. The number of anilines is 2. The van der Waals surface area contributed by atoms with Crippen molar-refractivity contribution in [2.45, 2.75) is 23.8 Å². The number of nitrogens with zero attached hydrogens (tertiary/aromatic N) is 3. The minimum absolute atomic E-state index is 0.0111. The van der Waals surface area contributed by atoms with Crippen molar-refractivity contribution in [3.05, 3.63) is 82.1 Å². The number of hydrogen-bond acceptors (Lipinski definition) is 7. The van der Waals surface area contributed by atoms with E-state index in [0.29, 0.717) is 12.1 Å². The first kappa shape index (κ1) is 32.2. The molecule has 1 saturated heterocycles. The van der Waals surface area contributed by atoms with Gasteiger partial charge in [-0.05, 0) is 69.4 Å². The van der Waals surface area contributed by atoms with Crippen molar-refractivity contribution in [2.75, 3.05) is 44.4 Å². The van der Waals surface area contributed by atoms with Gasteiger partial charge in [-0.1, -0.05) is 35.3 Å². The molecule has 1 atom stereocenters. The first-order chi connectivity index (χ1) is 20.5. The highest BCUT2D eigenvalue weighted by Crippen LogP contribution is 2.26. The molecule has 2 aromatic carbocycles. The number of halogens is 2. The molecular weight excluding hydrogens is 617 g/mol. The molecule has 0 bridgehead atoms. The van der Waals surface area contributed by atoms with Gasteiger partial charge in [-0.2, -0.15) is 9.40 Å². The van der Waals surface area contributed by atoms with E-state index >= 15 is 0 Å². The summed E-state index contributed by atoms with van der Waals surface area (Å²) in [6, 6.07) is 10.1. The molecule has 1 fully saturated rings. The Morgan fingerprint density at radius 2 is 1.77 bits per heavy atom. The lowest BCUT2D eigenvalue weighted by Crippen LogP contribution is -2.39. The van der Waals surface area contributed by atoms with Crippen molar-refractivity contribution in [3.63, 3.8) is 0 Å². The Kier molecular flexibility index (Phi) is 10.6. The molecule has 3 aromatic rings. The Labute approximate surface area is 259 Å². The molecule has 228 valence electrons. The molecule has 0 saturated carbocycles. The third-order valence-corrected chi connectivity index (χ3v) is 9.07. The standard InChI is InChI=1S/C28H31Cl2N7O5S/c1-36(2)14-4-3-8-24(38)32-18-9-11-20(12-10-18)43(41,42)37-15-13-19(17-37)33-28(40)26-23(16-31-35-26)34-27(39)25-21(29)6-5-7-22(25)30/h3,5-12,16,19H,4,13-15,17H2,1-2H3,(H,31,35)(H,32,38)(H,33,40)(H,34,39). The molecule has 0 radical (unpaired) electrons. The molecule has 1 aliphatic rings. The Morgan fingerprint density at radius 3 is 2.44 bits per heavy atom. The largest absolute Gasteiger partial charge is 0.347 e. The van der Waals surface area contributed by atoms with Crippen LogP contribution in [0.4, 0.5) is 11.4 Å². The maximum absolute atomic E-state index is 13.2. The SMILES string of the molecule is CN(C)CCC=CC(=O)Nc1ccc(S(=O)(=O)N2CCC(NC(=O)c3[nH]ncc3NC(=O)c3c(Cl)cccc3Cl)C2)cc1. The zero-order valence-corrected chi connectivity index (χ0v) is 25.8. The molecular formula is C28H31Cl2N7O5S. The number of carbonyl (C=O) groups is 3. The summed E-state index contributed by atoms with van der Waals surface area (Å²) in [4.78, 5) is 39.9. The predicted molar refractivity (Wildman–Crippen MR) is 165 cm³/mol. The van der Waals surface area contributed by atoms with Gasteiger partial charge in [0.1, 0.15) is 5.69 Å². The molecule has 2 heterocycles. The van der Waals surface area contributed by atoms with E-state index in [2.05, 4.69) is 26.1 Å². The topological polar surface area (TPSA) is 157 Å². The van der Waals surface area contributed by atoms with Gasteiger partial charge in [-0.25, -0.2) is 8.42 Å². The summed E-state index contributed by atoms with van der Waals surface area (Å²) >= 11 is 12.2. The highest BCUT2D eigenvalue weighted by Gasteiger charge is 2.34. The normalized spacial score (nSPS) is 15.6. The molecule has 1 aromatic heterocycles. The summed E-state index contributed by atoms with van der Waals surface area (Å²) < 4.78 is 27.8. The lowest BCUT2D eigenvalue weighted by Gasteiger charge is -2.17. The van der Waals surface area contributed by atoms with Crippen molar-refractivity contribution in [1.82, 2.24) is 24.7 Å². The molecule has 0 spiro atoms. The maximum Gasteiger partial charge on any atom is 0.271 e. The Hall–Kier alpha value is -3.75. The van der Waals surface area contributed by atoms with Gasteiger partial charge in [-0.3, -0.25) is 19.5 Å². The second-order valence-corrected chi connectivity index (χ2v) is 12.8. The van der Waals surface area contributed by atoms with Gasteiger partial charge in [-0.15, -0.1) is 0 Å². The van der Waals surface area contributed by atoms with E-state index in [1.165, 1.54) is 53.0 Å². The van der Waals surface area contributed by atoms with E-state index in [1.807, 2.05) is 19.0 Å². The number of nitrogens with one attached hydrogen (secondary N) is 4. The number of aromatic amines is 1. The summed E-state index contributed by atoms with van der Waals surface area (Å²) in [5.41, 5.74) is 0.616. The van der Waals surface area contributed by atoms with Crippen LogP contribution in [0.5, 0.6) is 0 Å². The minimum atomic E-state index is -3.85. The number of sulfonamides is 1. The molecule has 1 unspecified atom stereocenters. The van der Waals surface area contributed by atoms with Crippen LogP contribution in [-0.4, -0.2) is 85.3 Å². The Bertz CT molecular complexity index is 1600. The smallest absolute Gasteiger partial charge is 0.271 e. The van der Waals surface area contributed by atoms with Gasteiger partial charge >= 0.3 is 0 Å². The summed E-state index contributed by atoms with van der Waals surface area (Å²) in [5, 5.41) is 14.8. The van der Waals surface area contributed by atoms with Crippen LogP contribution in [-0.2, 0) is 14.8 Å². The van der Waals surface area contributed by atoms with Crippen LogP contribution in [0.1, 0.15) is 33.7 Å². The van der Waals surface area contributed by atoms with Gasteiger partial charge in [0, 0.05) is 31.4 Å². The quantitative estimate of drug-likeness (QED) is 0.232. The average molecular weight is 649 g/mol. The van der Waals surface area contributed by atoms with E-state index in [1.54, 1.807) is 12.1 Å². The average Bonchev–Trinajstić information content (AvgIpc) is 3.61. The van der Waals surface area contributed by atoms with Crippen molar-refractivity contribution in [2.24, 2.45) is 0 Å². The summed E-state index contributed by atoms with van der Waals surface area (Å²) in [6.45, 7) is 1.07. The number of rotatable bonds is 11. The van der Waals surface area contributed by atoms with Crippen LogP contribution in [0.25, 0.3) is 0 Å². The Morgan fingerprint density at radius 1 is 1.07 bits per heavy atom. The van der Waals surface area contributed by atoms with Gasteiger partial charge < -0.3 is 20.9 Å². The van der Waals surface area contributed by atoms with Gasteiger partial charge in [0.15, 0.2) is 0 Å². The molecule has 3 amide bonds. The lowest BCUT2D eigenvalue weighted by molar-refractivity contribution is -0.111. The minimum Gasteiger partial charge on any atom is -0.347 e. The van der Waals surface area contributed by atoms with E-state index in [9.17, 15) is 22.8 Å². The third kappa shape index (κ3) is 8.21. The molecule has 15 heteroatoms. The van der Waals surface area contributed by atoms with Crippen molar-refractivity contribution in [1.29, 1.82) is 0 Å². The van der Waals surface area contributed by atoms with Crippen LogP contribution < -0.4 is 16.0 Å². The zero-order valence-electron chi connectivity index (χ0n) is 23.4. The highest BCUT2D eigenvalue weighted by molar-refractivity contribution is 7.89. The van der Waals surface area contributed by atoms with Crippen LogP contribution in [0.3, 0.4) is 0 Å². The van der Waals surface area contributed by atoms with E-state index in [-0.39, 0.29) is 50.9 Å². The molecule has 1 aliphatic heterocycles. The monoisotopic (exact) mass is 647 g/mol. The molecule has 12 nitrogen and oxygen atoms in total. The lowest BCUT2D eigenvalue weighted by atomic mass is 10.2. The fourth-order valence-corrected chi connectivity index (χ4v) is 6.41. The second-order valence-electron chi connectivity index (χ2n) is 10.0. The molecule has 4 N–H and O–H groups in total. The first-order valence-corrected chi connectivity index (χ1v) is 15.5. The van der Waals surface area contributed by atoms with E-state index in [0.717, 1.165) is 13.0 Å². The van der Waals surface area contributed by atoms with Crippen molar-refractivity contribution >= 4 is 62.3 Å². The number of amides is 3.